The summed E-state index contributed by atoms with van der Waals surface area (Å²) < 4.78 is 4.96. The molecule has 0 saturated heterocycles. The first-order chi connectivity index (χ1) is 9.66. The predicted octanol–water partition coefficient (Wildman–Crippen LogP) is 2.34. The lowest BCUT2D eigenvalue weighted by atomic mass is 10.2. The van der Waals surface area contributed by atoms with Gasteiger partial charge in [-0.1, -0.05) is 6.07 Å². The molecule has 2 aromatic rings. The van der Waals surface area contributed by atoms with Crippen molar-refractivity contribution >= 4 is 23.2 Å². The number of hydrogen-bond donors (Lipinski definition) is 2. The maximum atomic E-state index is 11.7. The number of nitrogens with one attached hydrogen (secondary N) is 2. The number of hydrogen-bond acceptors (Lipinski definition) is 4. The fraction of sp³-hybridized carbons (Fsp3) is 0.286. The van der Waals surface area contributed by atoms with Crippen LogP contribution in [0.2, 0.25) is 0 Å². The predicted molar refractivity (Wildman–Crippen MR) is 76.5 cm³/mol. The second-order valence-electron chi connectivity index (χ2n) is 4.29. The minimum Gasteiger partial charge on any atom is -0.459 e. The molecular formula is C14H16N2O3S. The lowest BCUT2D eigenvalue weighted by Crippen LogP contribution is -2.31. The van der Waals surface area contributed by atoms with Gasteiger partial charge in [-0.25, -0.2) is 0 Å². The summed E-state index contributed by atoms with van der Waals surface area (Å²) in [5, 5.41) is 7.49. The molecule has 0 radical (unpaired) electrons. The molecule has 20 heavy (non-hydrogen) atoms. The summed E-state index contributed by atoms with van der Waals surface area (Å²) in [5.74, 6) is -0.155. The van der Waals surface area contributed by atoms with Gasteiger partial charge in [0, 0.05) is 17.8 Å². The Kier molecular flexibility index (Phi) is 4.95. The van der Waals surface area contributed by atoms with Crippen LogP contribution in [0.25, 0.3) is 0 Å². The Morgan fingerprint density at radius 2 is 2.20 bits per heavy atom. The van der Waals surface area contributed by atoms with Gasteiger partial charge >= 0.3 is 0 Å². The van der Waals surface area contributed by atoms with Crippen molar-refractivity contribution in [3.05, 3.63) is 46.5 Å². The summed E-state index contributed by atoms with van der Waals surface area (Å²) in [5.41, 5.74) is 0. The van der Waals surface area contributed by atoms with Crippen LogP contribution in [0.3, 0.4) is 0 Å². The van der Waals surface area contributed by atoms with Gasteiger partial charge in [-0.3, -0.25) is 9.59 Å². The molecule has 1 atom stereocenters. The van der Waals surface area contributed by atoms with Crippen molar-refractivity contribution in [3.8, 4) is 0 Å². The third-order valence-electron chi connectivity index (χ3n) is 2.73. The summed E-state index contributed by atoms with van der Waals surface area (Å²) in [6.07, 6.45) is 1.67. The quantitative estimate of drug-likeness (QED) is 0.858. The average Bonchev–Trinajstić information content (AvgIpc) is 3.12. The second-order valence-corrected chi connectivity index (χ2v) is 5.27. The summed E-state index contributed by atoms with van der Waals surface area (Å²) >= 11 is 1.60. The minimum atomic E-state index is -0.311. The highest BCUT2D eigenvalue weighted by Crippen LogP contribution is 2.17. The summed E-state index contributed by atoms with van der Waals surface area (Å²) in [4.78, 5) is 24.4. The minimum absolute atomic E-state index is 0.0109. The van der Waals surface area contributed by atoms with Crippen molar-refractivity contribution in [1.82, 2.24) is 10.6 Å². The van der Waals surface area contributed by atoms with Crippen molar-refractivity contribution in [2.75, 3.05) is 6.54 Å². The largest absolute Gasteiger partial charge is 0.459 e. The fourth-order valence-electron chi connectivity index (χ4n) is 1.71. The van der Waals surface area contributed by atoms with Crippen LogP contribution in [0.5, 0.6) is 0 Å². The third-order valence-corrected chi connectivity index (χ3v) is 3.79. The van der Waals surface area contributed by atoms with Crippen LogP contribution in [-0.2, 0) is 4.79 Å². The third kappa shape index (κ3) is 3.96. The molecule has 0 aromatic carbocycles. The second kappa shape index (κ2) is 6.91. The number of carbonyl (C=O) groups excluding carboxylic acids is 2. The fourth-order valence-corrected chi connectivity index (χ4v) is 2.44. The smallest absolute Gasteiger partial charge is 0.286 e. The van der Waals surface area contributed by atoms with Crippen molar-refractivity contribution in [3.63, 3.8) is 0 Å². The highest BCUT2D eigenvalue weighted by Gasteiger charge is 2.11. The molecule has 5 nitrogen and oxygen atoms in total. The zero-order chi connectivity index (χ0) is 14.4. The van der Waals surface area contributed by atoms with E-state index in [-0.39, 0.29) is 36.6 Å². The summed E-state index contributed by atoms with van der Waals surface area (Å²) in [6.45, 7) is 2.22. The van der Waals surface area contributed by atoms with Crippen molar-refractivity contribution in [2.45, 2.75) is 19.4 Å². The molecule has 6 heteroatoms. The van der Waals surface area contributed by atoms with Gasteiger partial charge in [-0.15, -0.1) is 11.3 Å². The highest BCUT2D eigenvalue weighted by molar-refractivity contribution is 7.10. The Morgan fingerprint density at radius 1 is 1.35 bits per heavy atom. The van der Waals surface area contributed by atoms with E-state index in [9.17, 15) is 9.59 Å². The van der Waals surface area contributed by atoms with E-state index in [2.05, 4.69) is 10.6 Å². The van der Waals surface area contributed by atoms with E-state index in [1.165, 1.54) is 6.26 Å². The van der Waals surface area contributed by atoms with Gasteiger partial charge < -0.3 is 15.1 Å². The van der Waals surface area contributed by atoms with E-state index in [1.807, 2.05) is 24.4 Å². The maximum Gasteiger partial charge on any atom is 0.286 e. The van der Waals surface area contributed by atoms with E-state index < -0.39 is 0 Å². The van der Waals surface area contributed by atoms with Crippen molar-refractivity contribution < 1.29 is 14.0 Å². The van der Waals surface area contributed by atoms with E-state index in [0.29, 0.717) is 0 Å². The summed E-state index contributed by atoms with van der Waals surface area (Å²) in [7, 11) is 0. The van der Waals surface area contributed by atoms with E-state index in [1.54, 1.807) is 23.5 Å². The van der Waals surface area contributed by atoms with Crippen molar-refractivity contribution in [1.29, 1.82) is 0 Å². The lowest BCUT2D eigenvalue weighted by molar-refractivity contribution is -0.121. The molecule has 106 valence electrons. The SMILES string of the molecule is C[C@@H](NC(=O)CCNC(=O)c1ccco1)c1cccs1. The molecular weight excluding hydrogens is 276 g/mol. The molecule has 0 bridgehead atoms. The van der Waals surface area contributed by atoms with Gasteiger partial charge in [0.25, 0.3) is 5.91 Å². The molecule has 0 aliphatic carbocycles. The normalized spacial score (nSPS) is 11.8. The van der Waals surface area contributed by atoms with E-state index in [0.717, 1.165) is 4.88 Å². The van der Waals surface area contributed by atoms with Gasteiger partial charge in [0.05, 0.1) is 12.3 Å². The Bertz CT molecular complexity index is 549. The first kappa shape index (κ1) is 14.3. The molecule has 0 fully saturated rings. The first-order valence-corrected chi connectivity index (χ1v) is 7.19. The number of thiophene rings is 1. The molecule has 0 saturated carbocycles. The van der Waals surface area contributed by atoms with Crippen LogP contribution in [0.1, 0.15) is 34.8 Å². The monoisotopic (exact) mass is 292 g/mol. The Morgan fingerprint density at radius 3 is 2.85 bits per heavy atom. The van der Waals surface area contributed by atoms with E-state index >= 15 is 0 Å². The standard InChI is InChI=1S/C14H16N2O3S/c1-10(12-5-3-9-20-12)16-13(17)6-7-15-14(18)11-4-2-8-19-11/h2-5,8-10H,6-7H2,1H3,(H,15,18)(H,16,17)/t10-/m1/s1. The molecule has 0 aliphatic heterocycles. The summed E-state index contributed by atoms with van der Waals surface area (Å²) in [6, 6.07) is 7.14. The van der Waals surface area contributed by atoms with Gasteiger partial charge in [0.15, 0.2) is 5.76 Å². The number of carbonyl (C=O) groups is 2. The molecule has 2 rings (SSSR count). The lowest BCUT2D eigenvalue weighted by Gasteiger charge is -2.12. The van der Waals surface area contributed by atoms with Gasteiger partial charge in [0.2, 0.25) is 5.91 Å². The molecule has 0 aliphatic rings. The molecule has 2 aromatic heterocycles. The molecule has 0 unspecified atom stereocenters. The van der Waals surface area contributed by atoms with Crippen LogP contribution < -0.4 is 10.6 Å². The molecule has 2 heterocycles. The van der Waals surface area contributed by atoms with Gasteiger partial charge in [-0.05, 0) is 30.5 Å². The molecule has 2 N–H and O–H groups in total. The molecule has 2 amide bonds. The van der Waals surface area contributed by atoms with Crippen molar-refractivity contribution in [2.24, 2.45) is 0 Å². The Balaban J connectivity index is 1.69. The number of rotatable bonds is 6. The topological polar surface area (TPSA) is 71.3 Å². The first-order valence-electron chi connectivity index (χ1n) is 6.31. The van der Waals surface area contributed by atoms with Crippen LogP contribution >= 0.6 is 11.3 Å². The zero-order valence-corrected chi connectivity index (χ0v) is 11.9. The Hall–Kier alpha value is -2.08. The highest BCUT2D eigenvalue weighted by atomic mass is 32.1. The number of furan rings is 1. The van der Waals surface area contributed by atoms with Crippen LogP contribution in [0.4, 0.5) is 0 Å². The van der Waals surface area contributed by atoms with Crippen LogP contribution in [-0.4, -0.2) is 18.4 Å². The van der Waals surface area contributed by atoms with Gasteiger partial charge in [0.1, 0.15) is 0 Å². The van der Waals surface area contributed by atoms with Gasteiger partial charge in [-0.2, -0.15) is 0 Å². The maximum absolute atomic E-state index is 11.7. The van der Waals surface area contributed by atoms with E-state index in [4.69, 9.17) is 4.42 Å². The average molecular weight is 292 g/mol. The molecule has 0 spiro atoms. The zero-order valence-electron chi connectivity index (χ0n) is 11.1. The van der Waals surface area contributed by atoms with Crippen LogP contribution in [0, 0.1) is 0 Å². The van der Waals surface area contributed by atoms with Crippen LogP contribution in [0.15, 0.2) is 40.3 Å². The number of amides is 2. The Labute approximate surface area is 121 Å².